The van der Waals surface area contributed by atoms with Crippen LogP contribution in [0.3, 0.4) is 0 Å². The highest BCUT2D eigenvalue weighted by Crippen LogP contribution is 2.22. The molecule has 1 aromatic rings. The highest BCUT2D eigenvalue weighted by atomic mass is 32.2. The zero-order valence-electron chi connectivity index (χ0n) is 12.6. The average Bonchev–Trinajstić information content (AvgIpc) is 2.82. The normalized spacial score (nSPS) is 23.1. The molecule has 0 amide bonds. The van der Waals surface area contributed by atoms with Crippen LogP contribution in [0.4, 0.5) is 4.39 Å². The molecule has 6 nitrogen and oxygen atoms in total. The largest absolute Gasteiger partial charge is 0.486 e. The molecule has 0 aliphatic carbocycles. The second-order valence-electron chi connectivity index (χ2n) is 5.09. The maximum Gasteiger partial charge on any atom is 0.282 e. The lowest BCUT2D eigenvalue weighted by Crippen LogP contribution is -2.43. The Kier molecular flexibility index (Phi) is 5.38. The van der Waals surface area contributed by atoms with E-state index in [0.29, 0.717) is 13.1 Å². The molecular weight excluding hydrogens is 311 g/mol. The van der Waals surface area contributed by atoms with E-state index < -0.39 is 28.2 Å². The topological polar surface area (TPSA) is 70.1 Å². The van der Waals surface area contributed by atoms with E-state index in [1.807, 2.05) is 0 Å². The summed E-state index contributed by atoms with van der Waals surface area (Å²) in [5, 5.41) is 10.0. The van der Waals surface area contributed by atoms with E-state index in [1.54, 1.807) is 19.9 Å². The van der Waals surface area contributed by atoms with Crippen LogP contribution in [0.15, 0.2) is 24.3 Å². The summed E-state index contributed by atoms with van der Waals surface area (Å²) in [7, 11) is -3.61. The smallest absolute Gasteiger partial charge is 0.282 e. The van der Waals surface area contributed by atoms with Crippen LogP contribution in [-0.2, 0) is 10.2 Å². The second kappa shape index (κ2) is 6.91. The quantitative estimate of drug-likeness (QED) is 0.838. The van der Waals surface area contributed by atoms with E-state index in [9.17, 15) is 17.9 Å². The predicted molar refractivity (Wildman–Crippen MR) is 80.2 cm³/mol. The lowest BCUT2D eigenvalue weighted by Gasteiger charge is -2.25. The van der Waals surface area contributed by atoms with Crippen molar-refractivity contribution in [2.24, 2.45) is 0 Å². The van der Waals surface area contributed by atoms with Gasteiger partial charge in [0.1, 0.15) is 23.8 Å². The molecule has 1 fully saturated rings. The first-order chi connectivity index (χ1) is 10.4. The van der Waals surface area contributed by atoms with E-state index in [2.05, 4.69) is 0 Å². The summed E-state index contributed by atoms with van der Waals surface area (Å²) in [5.74, 6) is -0.177. The van der Waals surface area contributed by atoms with E-state index in [0.717, 1.165) is 0 Å². The number of benzene rings is 1. The number of hydrogen-bond acceptors (Lipinski definition) is 4. The van der Waals surface area contributed by atoms with Gasteiger partial charge < -0.3 is 9.84 Å². The summed E-state index contributed by atoms with van der Waals surface area (Å²) in [5.41, 5.74) is 0. The SMILES string of the molecule is CCN(CC)S(=O)(=O)N1C[C@@H](O)[C@H](Oc2cccc(F)c2)C1. The van der Waals surface area contributed by atoms with Crippen LogP contribution in [0, 0.1) is 5.82 Å². The van der Waals surface area contributed by atoms with Gasteiger partial charge in [-0.05, 0) is 12.1 Å². The van der Waals surface area contributed by atoms with Crippen LogP contribution in [0.1, 0.15) is 13.8 Å². The fraction of sp³-hybridized carbons (Fsp3) is 0.571. The number of aliphatic hydroxyl groups is 1. The number of nitrogens with zero attached hydrogens (tertiary/aromatic N) is 2. The third kappa shape index (κ3) is 3.57. The minimum absolute atomic E-state index is 0.0290. The van der Waals surface area contributed by atoms with Crippen molar-refractivity contribution in [3.63, 3.8) is 0 Å². The molecule has 1 aliphatic rings. The molecule has 0 aromatic heterocycles. The first-order valence-corrected chi connectivity index (χ1v) is 8.63. The molecule has 0 spiro atoms. The van der Waals surface area contributed by atoms with Gasteiger partial charge in [-0.25, -0.2) is 4.39 Å². The Bertz CT molecular complexity index is 607. The summed E-state index contributed by atoms with van der Waals surface area (Å²) in [6.45, 7) is 4.25. The van der Waals surface area contributed by atoms with Crippen LogP contribution in [0.25, 0.3) is 0 Å². The average molecular weight is 332 g/mol. The van der Waals surface area contributed by atoms with Gasteiger partial charge in [0.15, 0.2) is 0 Å². The molecule has 2 rings (SSSR count). The minimum Gasteiger partial charge on any atom is -0.486 e. The van der Waals surface area contributed by atoms with Gasteiger partial charge in [0.2, 0.25) is 0 Å². The first-order valence-electron chi connectivity index (χ1n) is 7.24. The van der Waals surface area contributed by atoms with Gasteiger partial charge in [-0.2, -0.15) is 17.0 Å². The maximum atomic E-state index is 13.1. The van der Waals surface area contributed by atoms with Gasteiger partial charge in [-0.15, -0.1) is 0 Å². The number of β-amino-alcohol motifs (C(OH)–C–C–N with tert-alkyl or cyclic N) is 1. The monoisotopic (exact) mass is 332 g/mol. The van der Waals surface area contributed by atoms with Crippen LogP contribution in [0.5, 0.6) is 5.75 Å². The van der Waals surface area contributed by atoms with Crippen molar-refractivity contribution in [3.8, 4) is 5.75 Å². The Morgan fingerprint density at radius 2 is 2.05 bits per heavy atom. The van der Waals surface area contributed by atoms with Gasteiger partial charge in [0.05, 0.1) is 6.54 Å². The van der Waals surface area contributed by atoms with Crippen molar-refractivity contribution in [1.82, 2.24) is 8.61 Å². The number of hydrogen-bond donors (Lipinski definition) is 1. The fourth-order valence-corrected chi connectivity index (χ4v) is 4.11. The third-order valence-corrected chi connectivity index (χ3v) is 5.76. The molecule has 0 bridgehead atoms. The summed E-state index contributed by atoms with van der Waals surface area (Å²) in [6, 6.07) is 5.55. The molecule has 22 heavy (non-hydrogen) atoms. The molecule has 0 saturated carbocycles. The van der Waals surface area contributed by atoms with Crippen molar-refractivity contribution in [1.29, 1.82) is 0 Å². The van der Waals surface area contributed by atoms with Crippen molar-refractivity contribution < 1.29 is 22.7 Å². The lowest BCUT2D eigenvalue weighted by molar-refractivity contribution is 0.0735. The molecule has 1 N–H and O–H groups in total. The van der Waals surface area contributed by atoms with Crippen molar-refractivity contribution in [3.05, 3.63) is 30.1 Å². The fourth-order valence-electron chi connectivity index (χ4n) is 2.46. The summed E-state index contributed by atoms with van der Waals surface area (Å²) >= 11 is 0. The van der Waals surface area contributed by atoms with E-state index in [1.165, 1.54) is 26.8 Å². The zero-order chi connectivity index (χ0) is 16.3. The van der Waals surface area contributed by atoms with Gasteiger partial charge in [-0.1, -0.05) is 19.9 Å². The third-order valence-electron chi connectivity index (χ3n) is 3.64. The number of halogens is 1. The van der Waals surface area contributed by atoms with Gasteiger partial charge in [0, 0.05) is 25.7 Å². The molecule has 2 atom stereocenters. The zero-order valence-corrected chi connectivity index (χ0v) is 13.5. The van der Waals surface area contributed by atoms with E-state index in [4.69, 9.17) is 4.74 Å². The first kappa shape index (κ1) is 17.1. The lowest BCUT2D eigenvalue weighted by atomic mass is 10.2. The number of aliphatic hydroxyl groups excluding tert-OH is 1. The summed E-state index contributed by atoms with van der Waals surface area (Å²) in [4.78, 5) is 0. The number of rotatable bonds is 6. The maximum absolute atomic E-state index is 13.1. The van der Waals surface area contributed by atoms with Crippen molar-refractivity contribution in [2.45, 2.75) is 26.1 Å². The number of ether oxygens (including phenoxy) is 1. The van der Waals surface area contributed by atoms with E-state index in [-0.39, 0.29) is 18.8 Å². The molecule has 124 valence electrons. The Hall–Kier alpha value is -1.22. The van der Waals surface area contributed by atoms with Crippen LogP contribution in [-0.4, -0.2) is 60.5 Å². The van der Waals surface area contributed by atoms with Crippen molar-refractivity contribution >= 4 is 10.2 Å². The van der Waals surface area contributed by atoms with Gasteiger partial charge >= 0.3 is 0 Å². The molecular formula is C14H21FN2O4S. The predicted octanol–water partition coefficient (Wildman–Crippen LogP) is 0.836. The Morgan fingerprint density at radius 1 is 1.36 bits per heavy atom. The summed E-state index contributed by atoms with van der Waals surface area (Å²) in [6.07, 6.45) is -1.67. The van der Waals surface area contributed by atoms with Crippen LogP contribution in [0.2, 0.25) is 0 Å². The molecule has 0 radical (unpaired) electrons. The van der Waals surface area contributed by atoms with Crippen LogP contribution < -0.4 is 4.74 Å². The molecule has 8 heteroatoms. The van der Waals surface area contributed by atoms with Gasteiger partial charge in [-0.3, -0.25) is 0 Å². The summed E-state index contributed by atoms with van der Waals surface area (Å²) < 4.78 is 46.0. The molecule has 1 saturated heterocycles. The van der Waals surface area contributed by atoms with Crippen LogP contribution >= 0.6 is 0 Å². The molecule has 0 unspecified atom stereocenters. The molecule has 1 aliphatic heterocycles. The second-order valence-corrected chi connectivity index (χ2v) is 7.02. The molecule has 1 heterocycles. The van der Waals surface area contributed by atoms with Gasteiger partial charge in [0.25, 0.3) is 10.2 Å². The Labute approximate surface area is 130 Å². The standard InChI is InChI=1S/C14H21FN2O4S/c1-3-16(4-2)22(19,20)17-9-13(18)14(10-17)21-12-7-5-6-11(15)8-12/h5-8,13-14,18H,3-4,9-10H2,1-2H3/t13-,14-/m1/s1. The highest BCUT2D eigenvalue weighted by molar-refractivity contribution is 7.86. The minimum atomic E-state index is -3.61. The van der Waals surface area contributed by atoms with E-state index >= 15 is 0 Å². The Balaban J connectivity index is 2.09. The highest BCUT2D eigenvalue weighted by Gasteiger charge is 2.41. The van der Waals surface area contributed by atoms with Crippen molar-refractivity contribution in [2.75, 3.05) is 26.2 Å². The molecule has 1 aromatic carbocycles. The Morgan fingerprint density at radius 3 is 2.64 bits per heavy atom.